The highest BCUT2D eigenvalue weighted by Crippen LogP contribution is 2.31. The molecule has 1 aromatic carbocycles. The zero-order chi connectivity index (χ0) is 13.2. The first-order valence-electron chi connectivity index (χ1n) is 7.04. The Morgan fingerprint density at radius 2 is 2.05 bits per heavy atom. The maximum Gasteiger partial charge on any atom is 0.176 e. The van der Waals surface area contributed by atoms with Crippen LogP contribution in [0.3, 0.4) is 0 Å². The van der Waals surface area contributed by atoms with Crippen molar-refractivity contribution in [1.82, 2.24) is 5.32 Å². The molecule has 1 aliphatic heterocycles. The van der Waals surface area contributed by atoms with E-state index in [1.54, 1.807) is 7.11 Å². The van der Waals surface area contributed by atoms with Crippen LogP contribution in [0.5, 0.6) is 5.75 Å². The minimum Gasteiger partial charge on any atom is -0.493 e. The minimum absolute atomic E-state index is 0.788. The number of hydrogen-bond donors (Lipinski definition) is 1. The molecular weight excluding hydrogens is 238 g/mol. The van der Waals surface area contributed by atoms with Crippen molar-refractivity contribution < 1.29 is 9.15 Å². The van der Waals surface area contributed by atoms with E-state index in [4.69, 9.17) is 9.15 Å². The molecule has 0 saturated carbocycles. The van der Waals surface area contributed by atoms with E-state index in [1.165, 1.54) is 18.4 Å². The van der Waals surface area contributed by atoms with Crippen LogP contribution in [0.2, 0.25) is 0 Å². The first-order valence-corrected chi connectivity index (χ1v) is 7.04. The van der Waals surface area contributed by atoms with Crippen molar-refractivity contribution in [3.8, 4) is 5.75 Å². The van der Waals surface area contributed by atoms with Gasteiger partial charge in [-0.2, -0.15) is 0 Å². The first kappa shape index (κ1) is 12.5. The van der Waals surface area contributed by atoms with Crippen molar-refractivity contribution in [2.45, 2.75) is 26.2 Å². The van der Waals surface area contributed by atoms with Crippen LogP contribution in [0.25, 0.3) is 11.0 Å². The zero-order valence-electron chi connectivity index (χ0n) is 11.7. The van der Waals surface area contributed by atoms with Gasteiger partial charge in [0, 0.05) is 5.39 Å². The number of nitrogens with one attached hydrogen (secondary N) is 1. The van der Waals surface area contributed by atoms with Crippen LogP contribution in [0.4, 0.5) is 0 Å². The Hall–Kier alpha value is -1.48. The molecule has 0 unspecified atom stereocenters. The summed E-state index contributed by atoms with van der Waals surface area (Å²) in [5, 5.41) is 4.57. The molecule has 0 bridgehead atoms. The van der Waals surface area contributed by atoms with Gasteiger partial charge >= 0.3 is 0 Å². The molecule has 1 saturated heterocycles. The highest BCUT2D eigenvalue weighted by Gasteiger charge is 2.16. The standard InChI is InChI=1S/C16H21NO2/c1-11-7-14-9-13(8-12-3-5-17-6-4-12)10-15(18-2)16(14)19-11/h7,9-10,12,17H,3-6,8H2,1-2H3. The van der Waals surface area contributed by atoms with E-state index in [9.17, 15) is 0 Å². The molecule has 0 amide bonds. The van der Waals surface area contributed by atoms with Gasteiger partial charge in [-0.1, -0.05) is 0 Å². The molecule has 2 aromatic rings. The van der Waals surface area contributed by atoms with Crippen molar-refractivity contribution in [2.24, 2.45) is 5.92 Å². The fraction of sp³-hybridized carbons (Fsp3) is 0.500. The highest BCUT2D eigenvalue weighted by atomic mass is 16.5. The summed E-state index contributed by atoms with van der Waals surface area (Å²) in [5.74, 6) is 2.58. The van der Waals surface area contributed by atoms with E-state index < -0.39 is 0 Å². The van der Waals surface area contributed by atoms with Crippen molar-refractivity contribution >= 4 is 11.0 Å². The van der Waals surface area contributed by atoms with Crippen LogP contribution < -0.4 is 10.1 Å². The number of furan rings is 1. The predicted molar refractivity (Wildman–Crippen MR) is 76.8 cm³/mol. The normalized spacial score (nSPS) is 16.9. The summed E-state index contributed by atoms with van der Waals surface area (Å²) in [4.78, 5) is 0. The van der Waals surface area contributed by atoms with Crippen LogP contribution in [-0.4, -0.2) is 20.2 Å². The smallest absolute Gasteiger partial charge is 0.176 e. The predicted octanol–water partition coefficient (Wildman–Crippen LogP) is 3.29. The third-order valence-corrected chi connectivity index (χ3v) is 3.97. The third kappa shape index (κ3) is 2.61. The van der Waals surface area contributed by atoms with Crippen LogP contribution in [0.1, 0.15) is 24.2 Å². The van der Waals surface area contributed by atoms with Gasteiger partial charge < -0.3 is 14.5 Å². The number of fused-ring (bicyclic) bond motifs is 1. The van der Waals surface area contributed by atoms with Gasteiger partial charge in [0.2, 0.25) is 0 Å². The molecule has 19 heavy (non-hydrogen) atoms. The lowest BCUT2D eigenvalue weighted by molar-refractivity contribution is 0.371. The van der Waals surface area contributed by atoms with Gasteiger partial charge in [0.1, 0.15) is 5.76 Å². The molecule has 3 nitrogen and oxygen atoms in total. The first-order chi connectivity index (χ1) is 9.26. The van der Waals surface area contributed by atoms with E-state index in [0.717, 1.165) is 47.9 Å². The van der Waals surface area contributed by atoms with Gasteiger partial charge in [-0.25, -0.2) is 0 Å². The Morgan fingerprint density at radius 1 is 1.26 bits per heavy atom. The van der Waals surface area contributed by atoms with Crippen LogP contribution in [-0.2, 0) is 6.42 Å². The number of piperidine rings is 1. The number of ether oxygens (including phenoxy) is 1. The second-order valence-electron chi connectivity index (χ2n) is 5.47. The Labute approximate surface area is 113 Å². The number of aryl methyl sites for hydroxylation is 1. The number of hydrogen-bond acceptors (Lipinski definition) is 3. The summed E-state index contributed by atoms with van der Waals surface area (Å²) in [6.45, 7) is 4.27. The zero-order valence-corrected chi connectivity index (χ0v) is 11.7. The van der Waals surface area contributed by atoms with Crippen molar-refractivity contribution in [1.29, 1.82) is 0 Å². The largest absolute Gasteiger partial charge is 0.493 e. The van der Waals surface area contributed by atoms with Crippen molar-refractivity contribution in [2.75, 3.05) is 20.2 Å². The van der Waals surface area contributed by atoms with E-state index in [-0.39, 0.29) is 0 Å². The molecule has 0 spiro atoms. The van der Waals surface area contributed by atoms with Gasteiger partial charge in [0.05, 0.1) is 7.11 Å². The summed E-state index contributed by atoms with van der Waals surface area (Å²) in [7, 11) is 1.71. The molecule has 1 aliphatic rings. The topological polar surface area (TPSA) is 34.4 Å². The van der Waals surface area contributed by atoms with Gasteiger partial charge in [0.25, 0.3) is 0 Å². The summed E-state index contributed by atoms with van der Waals surface area (Å²) in [5.41, 5.74) is 2.23. The minimum atomic E-state index is 0.788. The highest BCUT2D eigenvalue weighted by molar-refractivity contribution is 5.84. The number of benzene rings is 1. The van der Waals surface area contributed by atoms with E-state index in [2.05, 4.69) is 23.5 Å². The van der Waals surface area contributed by atoms with Crippen LogP contribution >= 0.6 is 0 Å². The molecule has 3 heteroatoms. The molecular formula is C16H21NO2. The average Bonchev–Trinajstić information content (AvgIpc) is 2.79. The average molecular weight is 259 g/mol. The molecule has 0 atom stereocenters. The molecule has 2 heterocycles. The number of rotatable bonds is 3. The Kier molecular flexibility index (Phi) is 3.47. The van der Waals surface area contributed by atoms with Crippen LogP contribution in [0, 0.1) is 12.8 Å². The lowest BCUT2D eigenvalue weighted by atomic mass is 9.90. The quantitative estimate of drug-likeness (QED) is 0.918. The van der Waals surface area contributed by atoms with Crippen molar-refractivity contribution in [3.63, 3.8) is 0 Å². The summed E-state index contributed by atoms with van der Waals surface area (Å²) in [6.07, 6.45) is 3.67. The Morgan fingerprint density at radius 3 is 2.79 bits per heavy atom. The van der Waals surface area contributed by atoms with Gasteiger partial charge in [0.15, 0.2) is 11.3 Å². The lowest BCUT2D eigenvalue weighted by Gasteiger charge is -2.22. The second kappa shape index (κ2) is 5.25. The molecule has 3 rings (SSSR count). The van der Waals surface area contributed by atoms with Crippen LogP contribution in [0.15, 0.2) is 22.6 Å². The van der Waals surface area contributed by atoms with Gasteiger partial charge in [-0.15, -0.1) is 0 Å². The molecule has 1 aromatic heterocycles. The van der Waals surface area contributed by atoms with Gasteiger partial charge in [-0.3, -0.25) is 0 Å². The Bertz CT molecular complexity index is 567. The number of methoxy groups -OCH3 is 1. The van der Waals surface area contributed by atoms with E-state index in [1.807, 2.05) is 6.92 Å². The Balaban J connectivity index is 1.90. The second-order valence-corrected chi connectivity index (χ2v) is 5.47. The molecule has 0 radical (unpaired) electrons. The lowest BCUT2D eigenvalue weighted by Crippen LogP contribution is -2.28. The van der Waals surface area contributed by atoms with E-state index >= 15 is 0 Å². The SMILES string of the molecule is COc1cc(CC2CCNCC2)cc2cc(C)oc12. The molecule has 1 fully saturated rings. The summed E-state index contributed by atoms with van der Waals surface area (Å²) < 4.78 is 11.2. The summed E-state index contributed by atoms with van der Waals surface area (Å²) >= 11 is 0. The monoisotopic (exact) mass is 259 g/mol. The molecule has 102 valence electrons. The molecule has 1 N–H and O–H groups in total. The maximum absolute atomic E-state index is 5.70. The summed E-state index contributed by atoms with van der Waals surface area (Å²) in [6, 6.07) is 6.47. The fourth-order valence-electron chi connectivity index (χ4n) is 3.00. The van der Waals surface area contributed by atoms with Gasteiger partial charge in [-0.05, 0) is 69.0 Å². The van der Waals surface area contributed by atoms with E-state index in [0.29, 0.717) is 0 Å². The fourth-order valence-corrected chi connectivity index (χ4v) is 3.00. The van der Waals surface area contributed by atoms with Crippen molar-refractivity contribution in [3.05, 3.63) is 29.5 Å². The third-order valence-electron chi connectivity index (χ3n) is 3.97. The molecule has 0 aliphatic carbocycles. The maximum atomic E-state index is 5.70.